The van der Waals surface area contributed by atoms with Crippen LogP contribution in [0.4, 0.5) is 22.0 Å². The van der Waals surface area contributed by atoms with Gasteiger partial charge in [-0.2, -0.15) is 22.0 Å². The van der Waals surface area contributed by atoms with Crippen LogP contribution in [0.1, 0.15) is 37.9 Å². The maximum Gasteiger partial charge on any atom is 0.394 e. The molecular weight excluding hydrogens is 393 g/mol. The maximum absolute atomic E-state index is 13.1. The lowest BCUT2D eigenvalue weighted by Gasteiger charge is -2.27. The van der Waals surface area contributed by atoms with Crippen LogP contribution in [0, 0.1) is 12.3 Å². The number of aryl methyl sites for hydroxylation is 2. The minimum absolute atomic E-state index is 0.0569. The predicted octanol–water partition coefficient (Wildman–Crippen LogP) is 5.52. The molecule has 0 aliphatic heterocycles. The Morgan fingerprint density at radius 1 is 1.26 bits per heavy atom. The SMILES string of the molecule is CCc1nc(C)n(-c2ncc(CC(C)(C)C(F)(F)F)cc2OC(F)F)c1Cl. The topological polar surface area (TPSA) is 39.9 Å². The average molecular weight is 412 g/mol. The summed E-state index contributed by atoms with van der Waals surface area (Å²) in [5.41, 5.74) is -1.40. The summed E-state index contributed by atoms with van der Waals surface area (Å²) in [5.74, 6) is -0.0315. The third-order valence-corrected chi connectivity index (χ3v) is 4.51. The van der Waals surface area contributed by atoms with E-state index in [-0.39, 0.29) is 22.3 Å². The first-order valence-electron chi connectivity index (χ1n) is 8.12. The Labute approximate surface area is 158 Å². The molecule has 4 nitrogen and oxygen atoms in total. The van der Waals surface area contributed by atoms with Crippen molar-refractivity contribution in [1.29, 1.82) is 0 Å². The van der Waals surface area contributed by atoms with Gasteiger partial charge in [-0.05, 0) is 31.4 Å². The molecule has 0 saturated carbocycles. The van der Waals surface area contributed by atoms with Crippen LogP contribution in [-0.4, -0.2) is 27.3 Å². The number of nitrogens with zero attached hydrogens (tertiary/aromatic N) is 3. The molecule has 2 rings (SSSR count). The smallest absolute Gasteiger partial charge is 0.394 e. The average Bonchev–Trinajstić information content (AvgIpc) is 2.80. The van der Waals surface area contributed by atoms with Gasteiger partial charge in [0.2, 0.25) is 0 Å². The summed E-state index contributed by atoms with van der Waals surface area (Å²) in [6.07, 6.45) is -3.20. The van der Waals surface area contributed by atoms with Crippen LogP contribution in [0.3, 0.4) is 0 Å². The van der Waals surface area contributed by atoms with E-state index in [0.29, 0.717) is 17.9 Å². The fourth-order valence-electron chi connectivity index (χ4n) is 2.57. The number of aromatic nitrogens is 3. The number of hydrogen-bond donors (Lipinski definition) is 0. The second-order valence-electron chi connectivity index (χ2n) is 6.69. The Hall–Kier alpha value is -1.90. The molecule has 0 fully saturated rings. The Balaban J connectivity index is 2.53. The summed E-state index contributed by atoms with van der Waals surface area (Å²) in [5, 5.41) is 0.185. The van der Waals surface area contributed by atoms with Gasteiger partial charge in [0.1, 0.15) is 11.0 Å². The normalized spacial score (nSPS) is 12.7. The van der Waals surface area contributed by atoms with Crippen molar-refractivity contribution < 1.29 is 26.7 Å². The molecule has 27 heavy (non-hydrogen) atoms. The van der Waals surface area contributed by atoms with E-state index in [1.165, 1.54) is 10.8 Å². The summed E-state index contributed by atoms with van der Waals surface area (Å²) in [4.78, 5) is 8.29. The van der Waals surface area contributed by atoms with Crippen molar-refractivity contribution in [2.24, 2.45) is 5.41 Å². The number of rotatable bonds is 6. The van der Waals surface area contributed by atoms with Crippen LogP contribution in [-0.2, 0) is 12.8 Å². The number of pyridine rings is 1. The number of alkyl halides is 5. The molecule has 2 heterocycles. The number of halogens is 6. The van der Waals surface area contributed by atoms with Crippen LogP contribution in [0.5, 0.6) is 5.75 Å². The fraction of sp³-hybridized carbons (Fsp3) is 0.529. The van der Waals surface area contributed by atoms with Gasteiger partial charge in [-0.15, -0.1) is 0 Å². The van der Waals surface area contributed by atoms with Gasteiger partial charge >= 0.3 is 12.8 Å². The molecule has 0 N–H and O–H groups in total. The highest BCUT2D eigenvalue weighted by molar-refractivity contribution is 6.30. The van der Waals surface area contributed by atoms with Crippen molar-refractivity contribution in [1.82, 2.24) is 14.5 Å². The van der Waals surface area contributed by atoms with E-state index >= 15 is 0 Å². The van der Waals surface area contributed by atoms with Gasteiger partial charge in [0.15, 0.2) is 11.6 Å². The van der Waals surface area contributed by atoms with E-state index in [2.05, 4.69) is 14.7 Å². The maximum atomic E-state index is 13.1. The van der Waals surface area contributed by atoms with Gasteiger partial charge in [0.05, 0.1) is 11.1 Å². The third-order valence-electron chi connectivity index (χ3n) is 4.12. The van der Waals surface area contributed by atoms with Crippen molar-refractivity contribution in [3.05, 3.63) is 34.5 Å². The highest BCUT2D eigenvalue weighted by Crippen LogP contribution is 2.41. The Bertz CT molecular complexity index is 818. The molecule has 0 radical (unpaired) electrons. The molecule has 2 aromatic heterocycles. The quantitative estimate of drug-likeness (QED) is 0.587. The van der Waals surface area contributed by atoms with Crippen LogP contribution in [0.25, 0.3) is 5.82 Å². The minimum Gasteiger partial charge on any atom is -0.431 e. The zero-order chi connectivity index (χ0) is 20.6. The van der Waals surface area contributed by atoms with Crippen molar-refractivity contribution in [2.45, 2.75) is 53.3 Å². The van der Waals surface area contributed by atoms with Crippen molar-refractivity contribution in [3.63, 3.8) is 0 Å². The van der Waals surface area contributed by atoms with E-state index < -0.39 is 24.6 Å². The summed E-state index contributed by atoms with van der Waals surface area (Å²) in [6.45, 7) is 2.31. The van der Waals surface area contributed by atoms with Crippen LogP contribution in [0.15, 0.2) is 12.3 Å². The molecule has 0 bridgehead atoms. The van der Waals surface area contributed by atoms with E-state index in [0.717, 1.165) is 19.9 Å². The summed E-state index contributed by atoms with van der Waals surface area (Å²) < 4.78 is 70.9. The third kappa shape index (κ3) is 4.51. The van der Waals surface area contributed by atoms with Gasteiger partial charge < -0.3 is 4.74 Å². The number of ether oxygens (including phenoxy) is 1. The first-order valence-corrected chi connectivity index (χ1v) is 8.49. The fourth-order valence-corrected chi connectivity index (χ4v) is 2.95. The molecule has 0 saturated heterocycles. The van der Waals surface area contributed by atoms with Gasteiger partial charge in [0.25, 0.3) is 0 Å². The van der Waals surface area contributed by atoms with Gasteiger partial charge in [-0.1, -0.05) is 32.4 Å². The molecular formula is C17H19ClF5N3O. The van der Waals surface area contributed by atoms with Crippen molar-refractivity contribution >= 4 is 11.6 Å². The summed E-state index contributed by atoms with van der Waals surface area (Å²) in [6, 6.07) is 1.13. The van der Waals surface area contributed by atoms with Crippen molar-refractivity contribution in [2.75, 3.05) is 0 Å². The zero-order valence-electron chi connectivity index (χ0n) is 15.2. The van der Waals surface area contributed by atoms with Gasteiger partial charge in [-0.25, -0.2) is 9.97 Å². The van der Waals surface area contributed by atoms with Crippen LogP contribution >= 0.6 is 11.6 Å². The first-order chi connectivity index (χ1) is 12.4. The molecule has 2 aromatic rings. The highest BCUT2D eigenvalue weighted by Gasteiger charge is 2.47. The Kier molecular flexibility index (Phi) is 6.03. The molecule has 0 aromatic carbocycles. The van der Waals surface area contributed by atoms with E-state index in [4.69, 9.17) is 11.6 Å². The van der Waals surface area contributed by atoms with E-state index in [1.54, 1.807) is 6.92 Å². The molecule has 0 aliphatic carbocycles. The summed E-state index contributed by atoms with van der Waals surface area (Å²) in [7, 11) is 0. The molecule has 0 aliphatic rings. The lowest BCUT2D eigenvalue weighted by molar-refractivity contribution is -0.211. The van der Waals surface area contributed by atoms with Crippen molar-refractivity contribution in [3.8, 4) is 11.6 Å². The molecule has 0 amide bonds. The zero-order valence-corrected chi connectivity index (χ0v) is 15.9. The molecule has 0 unspecified atom stereocenters. The predicted molar refractivity (Wildman–Crippen MR) is 90.7 cm³/mol. The number of imidazole rings is 1. The molecule has 150 valence electrons. The highest BCUT2D eigenvalue weighted by atomic mass is 35.5. The summed E-state index contributed by atoms with van der Waals surface area (Å²) >= 11 is 6.25. The van der Waals surface area contributed by atoms with Crippen LogP contribution in [0.2, 0.25) is 5.15 Å². The monoisotopic (exact) mass is 411 g/mol. The second-order valence-corrected chi connectivity index (χ2v) is 7.05. The van der Waals surface area contributed by atoms with E-state index in [1.807, 2.05) is 6.92 Å². The Morgan fingerprint density at radius 2 is 1.89 bits per heavy atom. The Morgan fingerprint density at radius 3 is 2.37 bits per heavy atom. The molecule has 0 spiro atoms. The van der Waals surface area contributed by atoms with Gasteiger partial charge in [-0.3, -0.25) is 4.57 Å². The molecule has 10 heteroatoms. The minimum atomic E-state index is -4.46. The number of hydrogen-bond acceptors (Lipinski definition) is 3. The lowest BCUT2D eigenvalue weighted by atomic mass is 9.85. The second kappa shape index (κ2) is 7.61. The molecule has 0 atom stereocenters. The van der Waals surface area contributed by atoms with Gasteiger partial charge in [0, 0.05) is 6.20 Å². The standard InChI is InChI=1S/C17H19ClF5N3O/c1-5-11-13(18)26(9(2)25-11)14-12(27-15(19)20)6-10(8-24-14)7-16(3,4)17(21,22)23/h6,8,15H,5,7H2,1-4H3. The van der Waals surface area contributed by atoms with E-state index in [9.17, 15) is 22.0 Å². The lowest BCUT2D eigenvalue weighted by Crippen LogP contribution is -2.34. The first kappa shape index (κ1) is 21.4. The van der Waals surface area contributed by atoms with Crippen LogP contribution < -0.4 is 4.74 Å². The largest absolute Gasteiger partial charge is 0.431 e.